The summed E-state index contributed by atoms with van der Waals surface area (Å²) in [6.45, 7) is 2.47. The van der Waals surface area contributed by atoms with Crippen LogP contribution in [0.2, 0.25) is 10.0 Å². The average molecular weight is 481 g/mol. The molecule has 0 bridgehead atoms. The van der Waals surface area contributed by atoms with E-state index >= 15 is 0 Å². The fourth-order valence-corrected chi connectivity index (χ4v) is 4.17. The molecular formula is C21H24Cl2N5O2S. The largest absolute Gasteiger partial charge is 0.368 e. The molecule has 165 valence electrons. The van der Waals surface area contributed by atoms with Crippen LogP contribution in [0.1, 0.15) is 0 Å². The van der Waals surface area contributed by atoms with Crippen molar-refractivity contribution in [2.24, 2.45) is 0 Å². The van der Waals surface area contributed by atoms with E-state index in [1.807, 2.05) is 30.5 Å². The van der Waals surface area contributed by atoms with E-state index in [9.17, 15) is 9.59 Å². The van der Waals surface area contributed by atoms with Crippen molar-refractivity contribution in [1.29, 1.82) is 0 Å². The summed E-state index contributed by atoms with van der Waals surface area (Å²) in [6.07, 6.45) is 1.87. The average Bonchev–Trinajstić information content (AvgIpc) is 2.77. The van der Waals surface area contributed by atoms with Crippen LogP contribution in [0.4, 0.5) is 21.9 Å². The number of rotatable bonds is 6. The van der Waals surface area contributed by atoms with Crippen molar-refractivity contribution in [3.63, 3.8) is 0 Å². The summed E-state index contributed by atoms with van der Waals surface area (Å²) in [5.74, 6) is 0.158. The number of nitrogens with zero attached hydrogens (tertiary/aromatic N) is 2. The topological polar surface area (TPSA) is 88.5 Å². The fourth-order valence-electron chi connectivity index (χ4n) is 3.20. The smallest absolute Gasteiger partial charge is 0.322 e. The van der Waals surface area contributed by atoms with Crippen LogP contribution >= 0.6 is 35.0 Å². The maximum Gasteiger partial charge on any atom is 0.322 e. The lowest BCUT2D eigenvalue weighted by molar-refractivity contribution is -0.117. The summed E-state index contributed by atoms with van der Waals surface area (Å²) in [5, 5.41) is 6.36. The van der Waals surface area contributed by atoms with Crippen molar-refractivity contribution in [3.8, 4) is 0 Å². The predicted octanol–water partition coefficient (Wildman–Crippen LogP) is 4.30. The van der Waals surface area contributed by atoms with Crippen LogP contribution in [0.5, 0.6) is 0 Å². The first-order valence-corrected chi connectivity index (χ1v) is 11.9. The fraction of sp³-hybridized carbons (Fsp3) is 0.333. The molecule has 1 aliphatic heterocycles. The molecule has 2 aromatic carbocycles. The zero-order valence-electron chi connectivity index (χ0n) is 17.0. The highest BCUT2D eigenvalue weighted by atomic mass is 35.5. The van der Waals surface area contributed by atoms with Crippen molar-refractivity contribution < 1.29 is 9.59 Å². The predicted molar refractivity (Wildman–Crippen MR) is 130 cm³/mol. The van der Waals surface area contributed by atoms with E-state index in [1.165, 1.54) is 11.8 Å². The molecule has 3 amide bonds. The number of hydrogen-bond donors (Lipinski definition) is 2. The molecule has 3 N–H and O–H groups in total. The van der Waals surface area contributed by atoms with Gasteiger partial charge in [0.1, 0.15) is 6.04 Å². The number of para-hydroxylation sites is 1. The molecule has 7 nitrogen and oxygen atoms in total. The molecule has 0 aromatic heterocycles. The van der Waals surface area contributed by atoms with Crippen molar-refractivity contribution in [2.45, 2.75) is 6.04 Å². The van der Waals surface area contributed by atoms with Gasteiger partial charge in [0.15, 0.2) is 0 Å². The lowest BCUT2D eigenvalue weighted by Crippen LogP contribution is -2.50. The van der Waals surface area contributed by atoms with E-state index in [1.54, 1.807) is 23.1 Å². The summed E-state index contributed by atoms with van der Waals surface area (Å²) < 4.78 is 0. The number of benzene rings is 2. The van der Waals surface area contributed by atoms with Gasteiger partial charge in [-0.3, -0.25) is 4.79 Å². The van der Waals surface area contributed by atoms with Gasteiger partial charge in [-0.05, 0) is 42.7 Å². The SMILES string of the molecule is CSCC([NH])C(=O)Nc1ccc(N2CCN(C(=O)Nc3c(Cl)cccc3Cl)CC2)cc1. The lowest BCUT2D eigenvalue weighted by Gasteiger charge is -2.36. The summed E-state index contributed by atoms with van der Waals surface area (Å²) in [7, 11) is 0. The summed E-state index contributed by atoms with van der Waals surface area (Å²) in [4.78, 5) is 28.5. The number of halogens is 2. The molecule has 10 heteroatoms. The number of hydrogen-bond acceptors (Lipinski definition) is 4. The van der Waals surface area contributed by atoms with E-state index in [0.29, 0.717) is 53.4 Å². The van der Waals surface area contributed by atoms with Gasteiger partial charge in [-0.25, -0.2) is 10.5 Å². The van der Waals surface area contributed by atoms with E-state index in [4.69, 9.17) is 28.9 Å². The number of nitrogens with one attached hydrogen (secondary N) is 3. The molecule has 3 rings (SSSR count). The maximum absolute atomic E-state index is 12.6. The summed E-state index contributed by atoms with van der Waals surface area (Å²) >= 11 is 13.7. The van der Waals surface area contributed by atoms with Gasteiger partial charge in [-0.2, -0.15) is 11.8 Å². The Balaban J connectivity index is 1.52. The van der Waals surface area contributed by atoms with Gasteiger partial charge >= 0.3 is 6.03 Å². The molecule has 1 fully saturated rings. The Bertz CT molecular complexity index is 900. The number of carbonyl (C=O) groups excluding carboxylic acids is 2. The molecule has 1 atom stereocenters. The molecule has 1 heterocycles. The minimum absolute atomic E-state index is 0.233. The molecule has 1 radical (unpaired) electrons. The third-order valence-electron chi connectivity index (χ3n) is 4.91. The first-order valence-electron chi connectivity index (χ1n) is 9.75. The minimum atomic E-state index is -0.783. The third-order valence-corrected chi connectivity index (χ3v) is 6.21. The van der Waals surface area contributed by atoms with Gasteiger partial charge in [0.2, 0.25) is 5.91 Å². The van der Waals surface area contributed by atoms with Crippen molar-refractivity contribution in [2.75, 3.05) is 53.7 Å². The Morgan fingerprint density at radius 2 is 1.65 bits per heavy atom. The molecule has 0 aliphatic carbocycles. The van der Waals surface area contributed by atoms with Crippen LogP contribution in [0.15, 0.2) is 42.5 Å². The summed E-state index contributed by atoms with van der Waals surface area (Å²) in [5.41, 5.74) is 9.89. The Hall–Kier alpha value is -2.13. The highest BCUT2D eigenvalue weighted by Gasteiger charge is 2.22. The molecule has 2 aromatic rings. The second-order valence-electron chi connectivity index (χ2n) is 7.04. The van der Waals surface area contributed by atoms with Crippen LogP contribution < -0.4 is 21.3 Å². The molecule has 1 saturated heterocycles. The van der Waals surface area contributed by atoms with Crippen LogP contribution in [-0.2, 0) is 4.79 Å². The number of piperazine rings is 1. The van der Waals surface area contributed by atoms with Gasteiger partial charge in [0, 0.05) is 43.3 Å². The van der Waals surface area contributed by atoms with E-state index in [2.05, 4.69) is 15.5 Å². The normalized spacial score (nSPS) is 14.8. The maximum atomic E-state index is 12.6. The number of carbonyl (C=O) groups is 2. The van der Waals surface area contributed by atoms with Gasteiger partial charge in [-0.1, -0.05) is 29.3 Å². The Morgan fingerprint density at radius 1 is 1.03 bits per heavy atom. The molecule has 0 saturated carbocycles. The van der Waals surface area contributed by atoms with Crippen LogP contribution in [0.3, 0.4) is 0 Å². The van der Waals surface area contributed by atoms with E-state index in [0.717, 1.165) is 5.69 Å². The van der Waals surface area contributed by atoms with E-state index < -0.39 is 6.04 Å². The first-order chi connectivity index (χ1) is 14.9. The van der Waals surface area contributed by atoms with Crippen molar-refractivity contribution in [1.82, 2.24) is 10.6 Å². The number of anilines is 3. The standard InChI is InChI=1S/C21H24Cl2N5O2S/c1-31-13-18(24)20(29)25-14-5-7-15(8-6-14)27-9-11-28(12-10-27)21(30)26-19-16(22)3-2-4-17(19)23/h2-8,18,24H,9-13H2,1H3,(H,25,29)(H,26,30). The Kier molecular flexibility index (Phi) is 8.31. The molecule has 1 unspecified atom stereocenters. The van der Waals surface area contributed by atoms with Crippen molar-refractivity contribution in [3.05, 3.63) is 52.5 Å². The first kappa shape index (κ1) is 23.5. The highest BCUT2D eigenvalue weighted by molar-refractivity contribution is 7.98. The number of thioether (sulfide) groups is 1. The van der Waals surface area contributed by atoms with Crippen LogP contribution in [0.25, 0.3) is 0 Å². The zero-order valence-corrected chi connectivity index (χ0v) is 19.4. The van der Waals surface area contributed by atoms with Gasteiger partial charge < -0.3 is 20.4 Å². The third kappa shape index (κ3) is 6.20. The lowest BCUT2D eigenvalue weighted by atomic mass is 10.2. The van der Waals surface area contributed by atoms with E-state index in [-0.39, 0.29) is 11.9 Å². The molecular weight excluding hydrogens is 457 g/mol. The van der Waals surface area contributed by atoms with Crippen LogP contribution in [0, 0.1) is 0 Å². The molecule has 1 aliphatic rings. The van der Waals surface area contributed by atoms with Gasteiger partial charge in [-0.15, -0.1) is 0 Å². The number of urea groups is 1. The quantitative estimate of drug-likeness (QED) is 0.644. The molecule has 0 spiro atoms. The Morgan fingerprint density at radius 3 is 2.23 bits per heavy atom. The summed E-state index contributed by atoms with van der Waals surface area (Å²) in [6, 6.07) is 11.6. The van der Waals surface area contributed by atoms with Crippen molar-refractivity contribution >= 4 is 64.0 Å². The van der Waals surface area contributed by atoms with Crippen LogP contribution in [-0.4, -0.2) is 61.1 Å². The van der Waals surface area contributed by atoms with Gasteiger partial charge in [0.25, 0.3) is 0 Å². The molecule has 31 heavy (non-hydrogen) atoms. The monoisotopic (exact) mass is 480 g/mol. The Labute approximate surface area is 196 Å². The zero-order chi connectivity index (χ0) is 22.4. The van der Waals surface area contributed by atoms with Gasteiger partial charge in [0.05, 0.1) is 15.7 Å². The minimum Gasteiger partial charge on any atom is -0.368 e. The highest BCUT2D eigenvalue weighted by Crippen LogP contribution is 2.30. The second kappa shape index (κ2) is 10.9. The second-order valence-corrected chi connectivity index (χ2v) is 8.77. The number of amides is 3.